The highest BCUT2D eigenvalue weighted by Crippen LogP contribution is 2.36. The van der Waals surface area contributed by atoms with Gasteiger partial charge in [0.15, 0.2) is 15.1 Å². The quantitative estimate of drug-likeness (QED) is 0.204. The standard InChI is InChI=1S/C32H34N4O6S2/c1-19(2)44(40,41)29(30(38)33-17-28(37)34-23-13-14-23)31-36-26-15-20(3)25(16-27(26)43-31)22-9-11-24(12-10-22)35-32(39)42-18-21-7-5-4-6-8-21/h4-12,15-16,19,23,29H,13-14,17-18H2,1-3H3,(H,33,38)(H,34,37)(H,35,39). The Morgan fingerprint density at radius 1 is 1.02 bits per heavy atom. The summed E-state index contributed by atoms with van der Waals surface area (Å²) in [6.45, 7) is 4.83. The minimum absolute atomic E-state index is 0.130. The van der Waals surface area contributed by atoms with Crippen LogP contribution in [0.1, 0.15) is 48.1 Å². The Balaban J connectivity index is 1.33. The number of benzene rings is 3. The van der Waals surface area contributed by atoms with E-state index < -0.39 is 32.3 Å². The molecule has 0 radical (unpaired) electrons. The van der Waals surface area contributed by atoms with Crippen LogP contribution < -0.4 is 16.0 Å². The summed E-state index contributed by atoms with van der Waals surface area (Å²) in [5, 5.41) is 5.79. The predicted molar refractivity (Wildman–Crippen MR) is 171 cm³/mol. The fourth-order valence-electron chi connectivity index (χ4n) is 4.57. The average molecular weight is 635 g/mol. The third kappa shape index (κ3) is 7.43. The lowest BCUT2D eigenvalue weighted by Gasteiger charge is -2.17. The number of aromatic nitrogens is 1. The Hall–Kier alpha value is -4.29. The molecule has 230 valence electrons. The van der Waals surface area contributed by atoms with Gasteiger partial charge in [-0.25, -0.2) is 18.2 Å². The molecule has 5 rings (SSSR count). The molecule has 44 heavy (non-hydrogen) atoms. The topological polar surface area (TPSA) is 144 Å². The maximum Gasteiger partial charge on any atom is 0.411 e. The zero-order chi connectivity index (χ0) is 31.4. The molecule has 0 bridgehead atoms. The number of nitrogens with zero attached hydrogens (tertiary/aromatic N) is 1. The van der Waals surface area contributed by atoms with E-state index in [4.69, 9.17) is 4.74 Å². The van der Waals surface area contributed by atoms with Gasteiger partial charge in [-0.3, -0.25) is 14.9 Å². The van der Waals surface area contributed by atoms with Crippen molar-refractivity contribution >= 4 is 55.0 Å². The van der Waals surface area contributed by atoms with Crippen LogP contribution in [0.3, 0.4) is 0 Å². The number of fused-ring (bicyclic) bond motifs is 1. The van der Waals surface area contributed by atoms with Gasteiger partial charge >= 0.3 is 6.09 Å². The first kappa shape index (κ1) is 31.1. The van der Waals surface area contributed by atoms with Crippen LogP contribution in [0.4, 0.5) is 10.5 Å². The Morgan fingerprint density at radius 3 is 2.39 bits per heavy atom. The number of hydrogen-bond donors (Lipinski definition) is 3. The van der Waals surface area contributed by atoms with Crippen molar-refractivity contribution in [3.8, 4) is 11.1 Å². The third-order valence-corrected chi connectivity index (χ3v) is 10.9. The molecule has 0 spiro atoms. The average Bonchev–Trinajstić information content (AvgIpc) is 3.72. The van der Waals surface area contributed by atoms with Gasteiger partial charge in [-0.15, -0.1) is 11.3 Å². The minimum atomic E-state index is -3.95. The molecule has 1 saturated carbocycles. The van der Waals surface area contributed by atoms with Crippen LogP contribution in [0.2, 0.25) is 0 Å². The van der Waals surface area contributed by atoms with Gasteiger partial charge in [0, 0.05) is 11.7 Å². The number of nitrogens with one attached hydrogen (secondary N) is 3. The summed E-state index contributed by atoms with van der Waals surface area (Å²) in [5.41, 5.74) is 4.73. The van der Waals surface area contributed by atoms with Crippen molar-refractivity contribution in [2.24, 2.45) is 0 Å². The molecule has 10 nitrogen and oxygen atoms in total. The van der Waals surface area contributed by atoms with E-state index >= 15 is 0 Å². The summed E-state index contributed by atoms with van der Waals surface area (Å²) in [7, 11) is -3.95. The van der Waals surface area contributed by atoms with E-state index in [0.717, 1.165) is 51.1 Å². The molecule has 1 aliphatic carbocycles. The number of carbonyl (C=O) groups is 3. The van der Waals surface area contributed by atoms with Crippen LogP contribution in [-0.2, 0) is 30.8 Å². The van der Waals surface area contributed by atoms with Crippen LogP contribution in [-0.4, -0.2) is 49.1 Å². The highest BCUT2D eigenvalue weighted by molar-refractivity contribution is 7.93. The number of hydrogen-bond acceptors (Lipinski definition) is 8. The van der Waals surface area contributed by atoms with Crippen molar-refractivity contribution in [3.63, 3.8) is 0 Å². The van der Waals surface area contributed by atoms with Gasteiger partial charge in [0.2, 0.25) is 11.8 Å². The molecule has 0 saturated heterocycles. The highest BCUT2D eigenvalue weighted by Gasteiger charge is 2.39. The molecule has 1 fully saturated rings. The first-order chi connectivity index (χ1) is 21.0. The van der Waals surface area contributed by atoms with Crippen LogP contribution in [0, 0.1) is 6.92 Å². The molecule has 0 aliphatic heterocycles. The second-order valence-corrected chi connectivity index (χ2v) is 14.7. The summed E-state index contributed by atoms with van der Waals surface area (Å²) in [4.78, 5) is 42.2. The molecule has 4 aromatic rings. The number of carbonyl (C=O) groups excluding carboxylic acids is 3. The Kier molecular flexibility index (Phi) is 9.31. The smallest absolute Gasteiger partial charge is 0.411 e. The van der Waals surface area contributed by atoms with Crippen molar-refractivity contribution in [3.05, 3.63) is 82.9 Å². The molecule has 1 atom stereocenters. The van der Waals surface area contributed by atoms with Crippen LogP contribution in [0.25, 0.3) is 21.3 Å². The van der Waals surface area contributed by atoms with Crippen LogP contribution in [0.5, 0.6) is 0 Å². The summed E-state index contributed by atoms with van der Waals surface area (Å²) in [6.07, 6.45) is 1.25. The first-order valence-corrected chi connectivity index (χ1v) is 16.7. The zero-order valence-corrected chi connectivity index (χ0v) is 26.3. The second kappa shape index (κ2) is 13.1. The predicted octanol–water partition coefficient (Wildman–Crippen LogP) is 5.28. The molecule has 3 N–H and O–H groups in total. The zero-order valence-electron chi connectivity index (χ0n) is 24.6. The molecule has 1 aromatic heterocycles. The molecular weight excluding hydrogens is 601 g/mol. The van der Waals surface area contributed by atoms with Crippen LogP contribution >= 0.6 is 11.3 Å². The van der Waals surface area contributed by atoms with E-state index in [1.165, 1.54) is 13.8 Å². The Bertz CT molecular complexity index is 1780. The van der Waals surface area contributed by atoms with Crippen molar-refractivity contribution in [1.29, 1.82) is 0 Å². The van der Waals surface area contributed by atoms with Gasteiger partial charge < -0.3 is 15.4 Å². The van der Waals surface area contributed by atoms with E-state index in [2.05, 4.69) is 20.9 Å². The van der Waals surface area contributed by atoms with Gasteiger partial charge in [-0.2, -0.15) is 0 Å². The van der Waals surface area contributed by atoms with Gasteiger partial charge in [0.1, 0.15) is 11.6 Å². The summed E-state index contributed by atoms with van der Waals surface area (Å²) in [5.74, 6) is -1.12. The summed E-state index contributed by atoms with van der Waals surface area (Å²) < 4.78 is 32.7. The maximum atomic E-state index is 13.3. The lowest BCUT2D eigenvalue weighted by Crippen LogP contribution is -2.42. The number of anilines is 1. The minimum Gasteiger partial charge on any atom is -0.444 e. The molecule has 1 heterocycles. The number of ether oxygens (including phenoxy) is 1. The molecular formula is C32H34N4O6S2. The molecule has 3 amide bonds. The largest absolute Gasteiger partial charge is 0.444 e. The van der Waals surface area contributed by atoms with Crippen molar-refractivity contribution in [2.75, 3.05) is 11.9 Å². The summed E-state index contributed by atoms with van der Waals surface area (Å²) in [6, 6.07) is 20.6. The van der Waals surface area contributed by atoms with Gasteiger partial charge in [0.25, 0.3) is 0 Å². The van der Waals surface area contributed by atoms with E-state index in [1.807, 2.05) is 61.5 Å². The SMILES string of the molecule is Cc1cc2nc(C(C(=O)NCC(=O)NC3CC3)S(=O)(=O)C(C)C)sc2cc1-c1ccc(NC(=O)OCc2ccccc2)cc1. The Morgan fingerprint density at radius 2 is 1.73 bits per heavy atom. The molecule has 12 heteroatoms. The lowest BCUT2D eigenvalue weighted by atomic mass is 10.00. The number of amides is 3. The molecule has 1 unspecified atom stereocenters. The monoisotopic (exact) mass is 634 g/mol. The fraction of sp³-hybridized carbons (Fsp3) is 0.312. The maximum absolute atomic E-state index is 13.3. The summed E-state index contributed by atoms with van der Waals surface area (Å²) >= 11 is 1.14. The van der Waals surface area contributed by atoms with Crippen LogP contribution in [0.15, 0.2) is 66.7 Å². The second-order valence-electron chi connectivity index (χ2n) is 11.0. The van der Waals surface area contributed by atoms with Gasteiger partial charge in [-0.1, -0.05) is 42.5 Å². The van der Waals surface area contributed by atoms with Crippen molar-refractivity contribution in [2.45, 2.75) is 56.8 Å². The Labute approximate surface area is 260 Å². The van der Waals surface area contributed by atoms with Crippen molar-refractivity contribution < 1.29 is 27.5 Å². The van der Waals surface area contributed by atoms with Gasteiger partial charge in [0.05, 0.1) is 22.0 Å². The van der Waals surface area contributed by atoms with E-state index in [0.29, 0.717) is 11.2 Å². The number of thiazole rings is 1. The van der Waals surface area contributed by atoms with Crippen molar-refractivity contribution in [1.82, 2.24) is 15.6 Å². The van der Waals surface area contributed by atoms with E-state index in [-0.39, 0.29) is 30.1 Å². The lowest BCUT2D eigenvalue weighted by molar-refractivity contribution is -0.126. The van der Waals surface area contributed by atoms with Gasteiger partial charge in [-0.05, 0) is 80.1 Å². The molecule has 1 aliphatic rings. The molecule has 3 aromatic carbocycles. The van der Waals surface area contributed by atoms with E-state index in [9.17, 15) is 22.8 Å². The van der Waals surface area contributed by atoms with E-state index in [1.54, 1.807) is 12.1 Å². The highest BCUT2D eigenvalue weighted by atomic mass is 32.2. The number of sulfone groups is 1. The first-order valence-electron chi connectivity index (χ1n) is 14.3. The number of aryl methyl sites for hydroxylation is 1. The number of rotatable bonds is 11. The normalized spacial score (nSPS) is 13.8. The third-order valence-electron chi connectivity index (χ3n) is 7.22. The fourth-order valence-corrected chi connectivity index (χ4v) is 7.35.